The average Bonchev–Trinajstić information content (AvgIpc) is 3.19. The molecule has 0 aromatic heterocycles. The van der Waals surface area contributed by atoms with Crippen molar-refractivity contribution in [3.05, 3.63) is 57.0 Å². The van der Waals surface area contributed by atoms with Crippen molar-refractivity contribution in [2.45, 2.75) is 31.8 Å². The van der Waals surface area contributed by atoms with Gasteiger partial charge >= 0.3 is 5.97 Å². The summed E-state index contributed by atoms with van der Waals surface area (Å²) in [4.78, 5) is 41.0. The van der Waals surface area contributed by atoms with Gasteiger partial charge in [-0.05, 0) is 54.8 Å². The quantitative estimate of drug-likeness (QED) is 0.468. The molecule has 2 aliphatic heterocycles. The van der Waals surface area contributed by atoms with Gasteiger partial charge in [0.1, 0.15) is 11.3 Å². The molecule has 2 heterocycles. The van der Waals surface area contributed by atoms with Gasteiger partial charge in [-0.3, -0.25) is 19.7 Å². The largest absolute Gasteiger partial charge is 0.508 e. The zero-order chi connectivity index (χ0) is 23.4. The minimum Gasteiger partial charge on any atom is -0.508 e. The van der Waals surface area contributed by atoms with E-state index in [2.05, 4.69) is 37.2 Å². The number of carboxylic acid groups (broad SMARTS) is 1. The van der Waals surface area contributed by atoms with Crippen LogP contribution in [0.2, 0.25) is 0 Å². The lowest BCUT2D eigenvalue weighted by molar-refractivity contribution is -0.149. The molecule has 7 nitrogen and oxygen atoms in total. The summed E-state index contributed by atoms with van der Waals surface area (Å²) in [6.07, 6.45) is 0.155. The van der Waals surface area contributed by atoms with E-state index in [9.17, 15) is 24.6 Å². The van der Waals surface area contributed by atoms with Gasteiger partial charge in [0.15, 0.2) is 0 Å². The molecule has 3 N–H and O–H groups in total. The van der Waals surface area contributed by atoms with E-state index >= 15 is 0 Å². The van der Waals surface area contributed by atoms with Crippen LogP contribution in [0.25, 0.3) is 0 Å². The number of benzene rings is 2. The highest BCUT2D eigenvalue weighted by Gasteiger charge is 2.68. The number of nitrogens with one attached hydrogen (secondary N) is 1. The van der Waals surface area contributed by atoms with Crippen molar-refractivity contribution < 1.29 is 24.6 Å². The maximum Gasteiger partial charge on any atom is 0.324 e. The Labute approximate surface area is 202 Å². The van der Waals surface area contributed by atoms with Crippen molar-refractivity contribution in [3.8, 4) is 5.75 Å². The number of rotatable bonds is 5. The smallest absolute Gasteiger partial charge is 0.324 e. The minimum atomic E-state index is -1.64. The molecule has 2 fully saturated rings. The molecular weight excluding hydrogens is 544 g/mol. The van der Waals surface area contributed by atoms with Crippen LogP contribution in [0.1, 0.15) is 31.9 Å². The summed E-state index contributed by atoms with van der Waals surface area (Å²) in [6, 6.07) is 10.7. The number of carboxylic acids is 1. The lowest BCUT2D eigenvalue weighted by Gasteiger charge is -2.32. The van der Waals surface area contributed by atoms with Gasteiger partial charge in [0.05, 0.1) is 17.5 Å². The fraction of sp³-hybridized carbons (Fsp3) is 0.348. The molecule has 0 spiro atoms. The first-order chi connectivity index (χ1) is 15.1. The number of aromatic hydroxyl groups is 1. The summed E-state index contributed by atoms with van der Waals surface area (Å²) in [5, 5.41) is 24.0. The van der Waals surface area contributed by atoms with Crippen molar-refractivity contribution in [2.75, 3.05) is 4.90 Å². The summed E-state index contributed by atoms with van der Waals surface area (Å²) in [7, 11) is 0. The lowest BCUT2D eigenvalue weighted by atomic mass is 9.75. The van der Waals surface area contributed by atoms with Gasteiger partial charge in [0.25, 0.3) is 0 Å². The molecule has 2 saturated heterocycles. The summed E-state index contributed by atoms with van der Waals surface area (Å²) >= 11 is 6.72. The number of halogens is 2. The van der Waals surface area contributed by atoms with Crippen molar-refractivity contribution >= 4 is 55.3 Å². The second kappa shape index (κ2) is 8.28. The number of phenols is 1. The Morgan fingerprint density at radius 1 is 1.09 bits per heavy atom. The molecule has 9 heteroatoms. The molecule has 0 radical (unpaired) electrons. The van der Waals surface area contributed by atoms with E-state index in [1.165, 1.54) is 6.07 Å². The van der Waals surface area contributed by atoms with E-state index in [0.29, 0.717) is 15.7 Å². The van der Waals surface area contributed by atoms with Crippen LogP contribution in [0.4, 0.5) is 5.69 Å². The molecule has 168 valence electrons. The number of anilines is 1. The number of phenolic OH excluding ortho intramolecular Hbond substituents is 1. The van der Waals surface area contributed by atoms with Gasteiger partial charge in [0, 0.05) is 20.6 Å². The zero-order valence-corrected chi connectivity index (χ0v) is 20.6. The monoisotopic (exact) mass is 564 g/mol. The number of imide groups is 1. The van der Waals surface area contributed by atoms with E-state index in [1.807, 2.05) is 13.8 Å². The second-order valence-corrected chi connectivity index (χ2v) is 10.5. The number of hydrogen-bond acceptors (Lipinski definition) is 5. The SMILES string of the molecule is CC(C)CC1(C(=O)O)NC(c2cc(Br)ccc2O)C2C(=O)N(c3ccc(Br)cc3)C(=O)C21. The lowest BCUT2D eigenvalue weighted by Crippen LogP contribution is -2.56. The Kier molecular flexibility index (Phi) is 5.94. The first-order valence-electron chi connectivity index (χ1n) is 10.2. The highest BCUT2D eigenvalue weighted by Crippen LogP contribution is 2.53. The van der Waals surface area contributed by atoms with Gasteiger partial charge in [-0.1, -0.05) is 45.7 Å². The highest BCUT2D eigenvalue weighted by atomic mass is 79.9. The molecule has 2 aromatic carbocycles. The van der Waals surface area contributed by atoms with Crippen LogP contribution in [0.15, 0.2) is 51.4 Å². The minimum absolute atomic E-state index is 0.0567. The number of aliphatic carboxylic acids is 1. The molecule has 4 unspecified atom stereocenters. The maximum atomic E-state index is 13.6. The van der Waals surface area contributed by atoms with Crippen molar-refractivity contribution in [1.29, 1.82) is 0 Å². The van der Waals surface area contributed by atoms with E-state index in [4.69, 9.17) is 0 Å². The van der Waals surface area contributed by atoms with Gasteiger partial charge in [0.2, 0.25) is 11.8 Å². The fourth-order valence-electron chi connectivity index (χ4n) is 5.00. The summed E-state index contributed by atoms with van der Waals surface area (Å²) in [5.74, 6) is -4.42. The third-order valence-electron chi connectivity index (χ3n) is 6.18. The second-order valence-electron chi connectivity index (χ2n) is 8.69. The third kappa shape index (κ3) is 3.56. The molecule has 0 bridgehead atoms. The topological polar surface area (TPSA) is 107 Å². The predicted molar refractivity (Wildman–Crippen MR) is 125 cm³/mol. The number of carbonyl (C=O) groups excluding carboxylic acids is 2. The predicted octanol–water partition coefficient (Wildman–Crippen LogP) is 4.24. The average molecular weight is 566 g/mol. The highest BCUT2D eigenvalue weighted by molar-refractivity contribution is 9.10. The van der Waals surface area contributed by atoms with Gasteiger partial charge in [-0.15, -0.1) is 0 Å². The number of fused-ring (bicyclic) bond motifs is 1. The molecule has 0 saturated carbocycles. The Morgan fingerprint density at radius 2 is 1.72 bits per heavy atom. The van der Waals surface area contributed by atoms with Crippen LogP contribution >= 0.6 is 31.9 Å². The van der Waals surface area contributed by atoms with E-state index < -0.39 is 41.2 Å². The number of hydrogen-bond donors (Lipinski definition) is 3. The van der Waals surface area contributed by atoms with Crippen molar-refractivity contribution in [3.63, 3.8) is 0 Å². The zero-order valence-electron chi connectivity index (χ0n) is 17.4. The normalized spacial score (nSPS) is 27.3. The van der Waals surface area contributed by atoms with Crippen LogP contribution in [-0.2, 0) is 14.4 Å². The summed E-state index contributed by atoms with van der Waals surface area (Å²) < 4.78 is 1.46. The first kappa shape index (κ1) is 22.9. The summed E-state index contributed by atoms with van der Waals surface area (Å²) in [6.45, 7) is 3.75. The Balaban J connectivity index is 1.89. The Morgan fingerprint density at radius 3 is 2.31 bits per heavy atom. The Bertz CT molecular complexity index is 1100. The van der Waals surface area contributed by atoms with E-state index in [-0.39, 0.29) is 18.1 Å². The standard InChI is InChI=1S/C23H22Br2N2O5/c1-11(2)10-23(22(31)32)18-17(19(26-23)15-9-13(25)5-8-16(15)28)20(29)27(21(18)30)14-6-3-12(24)4-7-14/h3-9,11,17-19,26,28H,10H2,1-2H3,(H,31,32). The molecule has 2 aromatic rings. The van der Waals surface area contributed by atoms with E-state index in [1.54, 1.807) is 36.4 Å². The molecule has 4 rings (SSSR count). The van der Waals surface area contributed by atoms with Gasteiger partial charge in [-0.25, -0.2) is 4.90 Å². The van der Waals surface area contributed by atoms with Crippen LogP contribution in [0, 0.1) is 17.8 Å². The molecule has 2 aliphatic rings. The van der Waals surface area contributed by atoms with Crippen LogP contribution < -0.4 is 10.2 Å². The van der Waals surface area contributed by atoms with Crippen LogP contribution in [0.3, 0.4) is 0 Å². The Hall–Kier alpha value is -2.23. The first-order valence-corrected chi connectivity index (χ1v) is 11.8. The van der Waals surface area contributed by atoms with Gasteiger partial charge < -0.3 is 10.2 Å². The summed E-state index contributed by atoms with van der Waals surface area (Å²) in [5.41, 5.74) is -0.881. The third-order valence-corrected chi connectivity index (χ3v) is 7.20. The van der Waals surface area contributed by atoms with Crippen LogP contribution in [-0.4, -0.2) is 33.5 Å². The molecule has 32 heavy (non-hydrogen) atoms. The molecule has 2 amide bonds. The van der Waals surface area contributed by atoms with E-state index in [0.717, 1.165) is 9.37 Å². The number of nitrogens with zero attached hydrogens (tertiary/aromatic N) is 1. The molecule has 0 aliphatic carbocycles. The molecule has 4 atom stereocenters. The fourth-order valence-corrected chi connectivity index (χ4v) is 5.65. The van der Waals surface area contributed by atoms with Crippen LogP contribution in [0.5, 0.6) is 5.75 Å². The van der Waals surface area contributed by atoms with Crippen molar-refractivity contribution in [1.82, 2.24) is 5.32 Å². The van der Waals surface area contributed by atoms with Gasteiger partial charge in [-0.2, -0.15) is 0 Å². The number of carbonyl (C=O) groups is 3. The number of amides is 2. The van der Waals surface area contributed by atoms with Crippen molar-refractivity contribution in [2.24, 2.45) is 17.8 Å². The maximum absolute atomic E-state index is 13.6. The molecular formula is C23H22Br2N2O5.